The van der Waals surface area contributed by atoms with Crippen LogP contribution in [0.3, 0.4) is 0 Å². The standard InChI is InChI=1S/C23H30N2O3/c1-3-4-14-28-22-13-12-19(15-20(22)23(24)27)21(26)16-25-17(2)10-11-18-8-6-5-7-9-18/h3-9,12-13,15,17,21,25-26H,10-11,14,16H2,1-2H3,(H2,24,27). The Morgan fingerprint density at radius 2 is 2.00 bits per heavy atom. The fraction of sp³-hybridized carbons (Fsp3) is 0.348. The van der Waals surface area contributed by atoms with Gasteiger partial charge in [0.05, 0.1) is 11.7 Å². The molecule has 0 aliphatic carbocycles. The SMILES string of the molecule is CC=CCOc1ccc(C(O)CNC(C)CCc2ccccc2)cc1C(N)=O. The summed E-state index contributed by atoms with van der Waals surface area (Å²) >= 11 is 0. The zero-order valence-electron chi connectivity index (χ0n) is 16.6. The summed E-state index contributed by atoms with van der Waals surface area (Å²) in [6, 6.07) is 15.6. The van der Waals surface area contributed by atoms with Gasteiger partial charge in [0.2, 0.25) is 0 Å². The van der Waals surface area contributed by atoms with Crippen molar-refractivity contribution in [2.75, 3.05) is 13.2 Å². The Kier molecular flexibility index (Phi) is 8.72. The monoisotopic (exact) mass is 382 g/mol. The van der Waals surface area contributed by atoms with Crippen molar-refractivity contribution in [2.45, 2.75) is 38.8 Å². The molecule has 0 saturated heterocycles. The molecule has 2 aromatic rings. The van der Waals surface area contributed by atoms with Crippen LogP contribution < -0.4 is 15.8 Å². The summed E-state index contributed by atoms with van der Waals surface area (Å²) < 4.78 is 5.56. The number of benzene rings is 2. The van der Waals surface area contributed by atoms with Gasteiger partial charge in [0.25, 0.3) is 5.91 Å². The second-order valence-corrected chi connectivity index (χ2v) is 6.85. The van der Waals surface area contributed by atoms with Crippen LogP contribution in [0.5, 0.6) is 5.75 Å². The number of primary amides is 1. The highest BCUT2D eigenvalue weighted by molar-refractivity contribution is 5.95. The van der Waals surface area contributed by atoms with E-state index in [1.54, 1.807) is 18.2 Å². The van der Waals surface area contributed by atoms with Gasteiger partial charge < -0.3 is 20.9 Å². The van der Waals surface area contributed by atoms with Crippen molar-refractivity contribution in [1.82, 2.24) is 5.32 Å². The smallest absolute Gasteiger partial charge is 0.252 e. The maximum atomic E-state index is 11.7. The van der Waals surface area contributed by atoms with Crippen LogP contribution in [-0.2, 0) is 6.42 Å². The summed E-state index contributed by atoms with van der Waals surface area (Å²) in [6.07, 6.45) is 4.93. The Hall–Kier alpha value is -2.63. The number of ether oxygens (including phenoxy) is 1. The Labute approximate surface area is 167 Å². The van der Waals surface area contributed by atoms with Gasteiger partial charge in [-0.2, -0.15) is 0 Å². The molecule has 0 heterocycles. The van der Waals surface area contributed by atoms with Crippen molar-refractivity contribution in [3.63, 3.8) is 0 Å². The van der Waals surface area contributed by atoms with Crippen LogP contribution in [0.4, 0.5) is 0 Å². The van der Waals surface area contributed by atoms with Gasteiger partial charge in [0, 0.05) is 12.6 Å². The number of aryl methyl sites for hydroxylation is 1. The number of aliphatic hydroxyl groups is 1. The number of nitrogens with two attached hydrogens (primary N) is 1. The lowest BCUT2D eigenvalue weighted by Crippen LogP contribution is -2.31. The van der Waals surface area contributed by atoms with Crippen LogP contribution in [0.25, 0.3) is 0 Å². The van der Waals surface area contributed by atoms with Gasteiger partial charge in [0.1, 0.15) is 12.4 Å². The molecule has 150 valence electrons. The fourth-order valence-electron chi connectivity index (χ4n) is 2.87. The molecule has 1 amide bonds. The number of hydrogen-bond donors (Lipinski definition) is 3. The Morgan fingerprint density at radius 1 is 1.25 bits per heavy atom. The number of allylic oxidation sites excluding steroid dienone is 1. The number of carbonyl (C=O) groups is 1. The summed E-state index contributed by atoms with van der Waals surface area (Å²) in [5.74, 6) is -0.153. The summed E-state index contributed by atoms with van der Waals surface area (Å²) in [7, 11) is 0. The molecule has 0 saturated carbocycles. The first-order valence-electron chi connectivity index (χ1n) is 9.64. The first kappa shape index (κ1) is 21.7. The van der Waals surface area contributed by atoms with Gasteiger partial charge in [-0.15, -0.1) is 0 Å². The predicted octanol–water partition coefficient (Wildman–Crippen LogP) is 3.38. The lowest BCUT2D eigenvalue weighted by molar-refractivity contribution is 0.0996. The highest BCUT2D eigenvalue weighted by Gasteiger charge is 2.15. The van der Waals surface area contributed by atoms with E-state index in [1.807, 2.05) is 37.3 Å². The molecule has 5 heteroatoms. The second-order valence-electron chi connectivity index (χ2n) is 6.85. The zero-order chi connectivity index (χ0) is 20.4. The third-order valence-electron chi connectivity index (χ3n) is 4.59. The van der Waals surface area contributed by atoms with Crippen LogP contribution in [-0.4, -0.2) is 30.2 Å². The van der Waals surface area contributed by atoms with Crippen molar-refractivity contribution in [1.29, 1.82) is 0 Å². The minimum Gasteiger partial charge on any atom is -0.489 e. The molecular weight excluding hydrogens is 352 g/mol. The number of amides is 1. The summed E-state index contributed by atoms with van der Waals surface area (Å²) in [4.78, 5) is 11.7. The molecule has 28 heavy (non-hydrogen) atoms. The van der Waals surface area contributed by atoms with Crippen molar-refractivity contribution < 1.29 is 14.6 Å². The molecular formula is C23H30N2O3. The third-order valence-corrected chi connectivity index (χ3v) is 4.59. The van der Waals surface area contributed by atoms with Crippen molar-refractivity contribution >= 4 is 5.91 Å². The van der Waals surface area contributed by atoms with Gasteiger partial charge in [-0.3, -0.25) is 4.79 Å². The van der Waals surface area contributed by atoms with Crippen LogP contribution in [0.1, 0.15) is 47.9 Å². The van der Waals surface area contributed by atoms with Crippen molar-refractivity contribution in [3.8, 4) is 5.75 Å². The third kappa shape index (κ3) is 6.83. The molecule has 0 aliphatic heterocycles. The molecule has 2 atom stereocenters. The summed E-state index contributed by atoms with van der Waals surface area (Å²) in [5, 5.41) is 13.8. The highest BCUT2D eigenvalue weighted by atomic mass is 16.5. The normalized spacial score (nSPS) is 13.4. The van der Waals surface area contributed by atoms with E-state index in [9.17, 15) is 9.90 Å². The first-order chi connectivity index (χ1) is 13.5. The topological polar surface area (TPSA) is 84.6 Å². The molecule has 0 radical (unpaired) electrons. The van der Waals surface area contributed by atoms with E-state index in [4.69, 9.17) is 10.5 Å². The average molecular weight is 383 g/mol. The number of hydrogen-bond acceptors (Lipinski definition) is 4. The van der Waals surface area contributed by atoms with E-state index in [1.165, 1.54) is 5.56 Å². The van der Waals surface area contributed by atoms with E-state index in [0.29, 0.717) is 24.5 Å². The first-order valence-corrected chi connectivity index (χ1v) is 9.64. The largest absolute Gasteiger partial charge is 0.489 e. The molecule has 0 spiro atoms. The van der Waals surface area contributed by atoms with E-state index in [2.05, 4.69) is 24.4 Å². The lowest BCUT2D eigenvalue weighted by atomic mass is 10.0. The van der Waals surface area contributed by atoms with Crippen LogP contribution >= 0.6 is 0 Å². The van der Waals surface area contributed by atoms with Gasteiger partial charge >= 0.3 is 0 Å². The quantitative estimate of drug-likeness (QED) is 0.520. The summed E-state index contributed by atoms with van der Waals surface area (Å²) in [5.41, 5.74) is 7.68. The van der Waals surface area contributed by atoms with Crippen LogP contribution in [0, 0.1) is 0 Å². The Balaban J connectivity index is 1.90. The Bertz CT molecular complexity index is 775. The second kappa shape index (κ2) is 11.3. The van der Waals surface area contributed by atoms with Crippen LogP contribution in [0.2, 0.25) is 0 Å². The van der Waals surface area contributed by atoms with Gasteiger partial charge in [-0.1, -0.05) is 48.6 Å². The fourth-order valence-corrected chi connectivity index (χ4v) is 2.87. The molecule has 0 fully saturated rings. The molecule has 0 aliphatic rings. The maximum absolute atomic E-state index is 11.7. The number of nitrogens with one attached hydrogen (secondary N) is 1. The minimum atomic E-state index is -0.734. The van der Waals surface area contributed by atoms with Gasteiger partial charge in [-0.25, -0.2) is 0 Å². The van der Waals surface area contributed by atoms with E-state index in [0.717, 1.165) is 12.8 Å². The Morgan fingerprint density at radius 3 is 2.68 bits per heavy atom. The minimum absolute atomic E-state index is 0.258. The molecule has 2 rings (SSSR count). The molecule has 0 bridgehead atoms. The van der Waals surface area contributed by atoms with E-state index >= 15 is 0 Å². The molecule has 2 unspecified atom stereocenters. The number of rotatable bonds is 11. The molecule has 4 N–H and O–H groups in total. The van der Waals surface area contributed by atoms with Crippen molar-refractivity contribution in [3.05, 3.63) is 77.4 Å². The number of aliphatic hydroxyl groups excluding tert-OH is 1. The van der Waals surface area contributed by atoms with E-state index in [-0.39, 0.29) is 11.6 Å². The molecule has 5 nitrogen and oxygen atoms in total. The van der Waals surface area contributed by atoms with Crippen LogP contribution in [0.15, 0.2) is 60.7 Å². The average Bonchev–Trinajstić information content (AvgIpc) is 2.71. The number of carbonyl (C=O) groups excluding carboxylic acids is 1. The molecule has 0 aromatic heterocycles. The maximum Gasteiger partial charge on any atom is 0.252 e. The lowest BCUT2D eigenvalue weighted by Gasteiger charge is -2.18. The zero-order valence-corrected chi connectivity index (χ0v) is 16.6. The highest BCUT2D eigenvalue weighted by Crippen LogP contribution is 2.23. The van der Waals surface area contributed by atoms with Gasteiger partial charge in [0.15, 0.2) is 0 Å². The van der Waals surface area contributed by atoms with E-state index < -0.39 is 12.0 Å². The predicted molar refractivity (Wildman–Crippen MR) is 112 cm³/mol. The summed E-state index contributed by atoms with van der Waals surface area (Å²) in [6.45, 7) is 4.75. The van der Waals surface area contributed by atoms with Gasteiger partial charge in [-0.05, 0) is 49.9 Å². The van der Waals surface area contributed by atoms with Crippen molar-refractivity contribution in [2.24, 2.45) is 5.73 Å². The molecule has 2 aromatic carbocycles.